The molecule has 1 amide bonds. The van der Waals surface area contributed by atoms with E-state index in [0.717, 1.165) is 29.3 Å². The number of fused-ring (bicyclic) bond motifs is 3. The summed E-state index contributed by atoms with van der Waals surface area (Å²) in [6.45, 7) is 5.40. The second-order valence-electron chi connectivity index (χ2n) is 9.24. The van der Waals surface area contributed by atoms with Crippen molar-refractivity contribution < 1.29 is 14.3 Å². The van der Waals surface area contributed by atoms with Crippen LogP contribution in [0.3, 0.4) is 0 Å². The molecule has 1 aromatic heterocycles. The van der Waals surface area contributed by atoms with Crippen LogP contribution in [0.5, 0.6) is 0 Å². The largest absolute Gasteiger partial charge is 0.453 e. The van der Waals surface area contributed by atoms with Gasteiger partial charge in [0.2, 0.25) is 5.91 Å². The highest BCUT2D eigenvalue weighted by Crippen LogP contribution is 2.43. The van der Waals surface area contributed by atoms with E-state index in [9.17, 15) is 9.90 Å². The first kappa shape index (κ1) is 21.3. The van der Waals surface area contributed by atoms with Gasteiger partial charge in [-0.15, -0.1) is 0 Å². The Kier molecular flexibility index (Phi) is 5.90. The Hall–Kier alpha value is -1.92. The van der Waals surface area contributed by atoms with E-state index in [1.54, 1.807) is 23.1 Å². The fourth-order valence-corrected chi connectivity index (χ4v) is 6.05. The van der Waals surface area contributed by atoms with Gasteiger partial charge in [-0.25, -0.2) is 0 Å². The summed E-state index contributed by atoms with van der Waals surface area (Å²) in [5, 5.41) is 11.6. The number of rotatable bonds is 3. The molecule has 4 N–H and O–H groups in total. The van der Waals surface area contributed by atoms with Crippen molar-refractivity contribution in [2.75, 3.05) is 4.72 Å². The van der Waals surface area contributed by atoms with Crippen molar-refractivity contribution in [3.63, 3.8) is 0 Å². The van der Waals surface area contributed by atoms with Crippen LogP contribution in [0.4, 0.5) is 5.69 Å². The quantitative estimate of drug-likeness (QED) is 0.619. The zero-order valence-corrected chi connectivity index (χ0v) is 19.0. The summed E-state index contributed by atoms with van der Waals surface area (Å²) in [4.78, 5) is 9.22. The lowest BCUT2D eigenvalue weighted by Crippen LogP contribution is -2.29. The van der Waals surface area contributed by atoms with Crippen molar-refractivity contribution in [1.29, 1.82) is 0 Å². The average Bonchev–Trinajstić information content (AvgIpc) is 3.36. The zero-order valence-electron chi connectivity index (χ0n) is 18.1. The van der Waals surface area contributed by atoms with Crippen LogP contribution >= 0.6 is 11.9 Å². The third-order valence-corrected chi connectivity index (χ3v) is 7.08. The third-order valence-electron chi connectivity index (χ3n) is 6.37. The van der Waals surface area contributed by atoms with E-state index in [-0.39, 0.29) is 5.91 Å². The molecule has 0 fully saturated rings. The van der Waals surface area contributed by atoms with Gasteiger partial charge in [0.1, 0.15) is 5.76 Å². The molecule has 0 radical (unpaired) electrons. The summed E-state index contributed by atoms with van der Waals surface area (Å²) in [7, 11) is 0. The van der Waals surface area contributed by atoms with Gasteiger partial charge in [0, 0.05) is 30.9 Å². The first-order chi connectivity index (χ1) is 14.2. The van der Waals surface area contributed by atoms with Crippen LogP contribution in [-0.4, -0.2) is 11.0 Å². The number of hydrogen-bond donors (Lipinski definition) is 3. The van der Waals surface area contributed by atoms with Gasteiger partial charge in [-0.3, -0.25) is 4.79 Å². The van der Waals surface area contributed by atoms with E-state index in [1.165, 1.54) is 62.3 Å². The standard InChI is InChI=1S/C22H27NO2S.C2H5NO/c1-13-9-19-18(22(2,24)12-13)11-20(25-19)26-23-21-16-7-3-5-14(16)10-15-6-4-8-17(15)21;1-2(3)4/h10-11,13,23-24H,3-9,12H2,1-2H3;1H3,(H2,3,4). The van der Waals surface area contributed by atoms with Gasteiger partial charge in [-0.05, 0) is 86.1 Å². The van der Waals surface area contributed by atoms with Crippen molar-refractivity contribution in [2.24, 2.45) is 11.7 Å². The van der Waals surface area contributed by atoms with E-state index in [4.69, 9.17) is 4.42 Å². The number of carbonyl (C=O) groups excluding carboxylic acids is 1. The predicted molar refractivity (Wildman–Crippen MR) is 121 cm³/mol. The van der Waals surface area contributed by atoms with Gasteiger partial charge >= 0.3 is 0 Å². The maximum atomic E-state index is 10.8. The maximum Gasteiger partial charge on any atom is 0.214 e. The highest BCUT2D eigenvalue weighted by atomic mass is 32.2. The Balaban J connectivity index is 0.000000503. The second-order valence-corrected chi connectivity index (χ2v) is 10.0. The molecule has 2 unspecified atom stereocenters. The molecular weight excluding hydrogens is 396 g/mol. The number of primary amides is 1. The third kappa shape index (κ3) is 4.26. The number of aryl methyl sites for hydroxylation is 2. The first-order valence-electron chi connectivity index (χ1n) is 11.0. The summed E-state index contributed by atoms with van der Waals surface area (Å²) in [6, 6.07) is 4.51. The van der Waals surface area contributed by atoms with Gasteiger partial charge in [-0.2, -0.15) is 0 Å². The van der Waals surface area contributed by atoms with Crippen LogP contribution < -0.4 is 10.5 Å². The van der Waals surface area contributed by atoms with Crippen LogP contribution in [0.2, 0.25) is 0 Å². The molecule has 0 aliphatic heterocycles. The first-order valence-corrected chi connectivity index (χ1v) is 11.8. The van der Waals surface area contributed by atoms with E-state index in [1.807, 2.05) is 13.0 Å². The van der Waals surface area contributed by atoms with Crippen molar-refractivity contribution in [3.8, 4) is 0 Å². The Morgan fingerprint density at radius 2 is 1.80 bits per heavy atom. The van der Waals surface area contributed by atoms with Crippen LogP contribution in [0.25, 0.3) is 0 Å². The lowest BCUT2D eigenvalue weighted by atomic mass is 9.79. The predicted octanol–water partition coefficient (Wildman–Crippen LogP) is 4.66. The van der Waals surface area contributed by atoms with E-state index >= 15 is 0 Å². The summed E-state index contributed by atoms with van der Waals surface area (Å²) < 4.78 is 9.76. The van der Waals surface area contributed by atoms with Gasteiger partial charge in [0.25, 0.3) is 0 Å². The molecule has 162 valence electrons. The van der Waals surface area contributed by atoms with Crippen LogP contribution in [0.15, 0.2) is 21.6 Å². The molecule has 6 heteroatoms. The van der Waals surface area contributed by atoms with E-state index < -0.39 is 5.60 Å². The van der Waals surface area contributed by atoms with Crippen molar-refractivity contribution >= 4 is 23.5 Å². The van der Waals surface area contributed by atoms with Crippen molar-refractivity contribution in [1.82, 2.24) is 0 Å². The normalized spacial score (nSPS) is 23.8. The Labute approximate surface area is 182 Å². The zero-order chi connectivity index (χ0) is 21.5. The number of benzene rings is 1. The van der Waals surface area contributed by atoms with Crippen molar-refractivity contribution in [3.05, 3.63) is 45.7 Å². The molecule has 30 heavy (non-hydrogen) atoms. The molecule has 0 saturated heterocycles. The highest BCUT2D eigenvalue weighted by molar-refractivity contribution is 8.00. The Morgan fingerprint density at radius 1 is 1.20 bits per heavy atom. The molecule has 0 bridgehead atoms. The summed E-state index contributed by atoms with van der Waals surface area (Å²) in [5.41, 5.74) is 12.2. The number of anilines is 1. The molecule has 3 aliphatic carbocycles. The minimum Gasteiger partial charge on any atom is -0.453 e. The van der Waals surface area contributed by atoms with Crippen LogP contribution in [-0.2, 0) is 42.5 Å². The van der Waals surface area contributed by atoms with Gasteiger partial charge in [-0.1, -0.05) is 13.0 Å². The minimum atomic E-state index is -0.773. The molecule has 2 atom stereocenters. The number of nitrogens with two attached hydrogens (primary N) is 1. The molecule has 5 nitrogen and oxygen atoms in total. The Morgan fingerprint density at radius 3 is 2.40 bits per heavy atom. The van der Waals surface area contributed by atoms with Gasteiger partial charge in [0.05, 0.1) is 11.3 Å². The topological polar surface area (TPSA) is 88.5 Å². The summed E-state index contributed by atoms with van der Waals surface area (Å²) in [6.07, 6.45) is 9.08. The monoisotopic (exact) mass is 428 g/mol. The maximum absolute atomic E-state index is 10.8. The smallest absolute Gasteiger partial charge is 0.214 e. The Bertz CT molecular complexity index is 928. The SMILES string of the molecule is CC(N)=O.CC1Cc2oc(SNc3c4c(cc5c3CCC5)CCC4)cc2C(C)(O)C1. The number of amides is 1. The highest BCUT2D eigenvalue weighted by Gasteiger charge is 2.36. The summed E-state index contributed by atoms with van der Waals surface area (Å²) in [5.74, 6) is 1.08. The molecule has 1 aromatic carbocycles. The van der Waals surface area contributed by atoms with Crippen molar-refractivity contribution in [2.45, 2.75) is 82.8 Å². The minimum absolute atomic E-state index is 0.333. The number of aliphatic hydroxyl groups is 1. The van der Waals surface area contributed by atoms with E-state index in [0.29, 0.717) is 5.92 Å². The summed E-state index contributed by atoms with van der Waals surface area (Å²) >= 11 is 1.57. The van der Waals surface area contributed by atoms with Crippen LogP contribution in [0.1, 0.15) is 73.6 Å². The fourth-order valence-electron chi connectivity index (χ4n) is 5.28. The molecule has 0 spiro atoms. The number of nitrogens with one attached hydrogen (secondary N) is 1. The lowest BCUT2D eigenvalue weighted by molar-refractivity contribution is -0.115. The number of hydrogen-bond acceptors (Lipinski definition) is 5. The van der Waals surface area contributed by atoms with Gasteiger partial charge in [0.15, 0.2) is 5.09 Å². The lowest BCUT2D eigenvalue weighted by Gasteiger charge is -2.31. The average molecular weight is 429 g/mol. The van der Waals surface area contributed by atoms with Gasteiger partial charge < -0.3 is 20.0 Å². The molecule has 5 rings (SSSR count). The molecule has 2 aromatic rings. The number of carbonyl (C=O) groups is 1. The molecule has 3 aliphatic rings. The molecule has 0 saturated carbocycles. The fraction of sp³-hybridized carbons (Fsp3) is 0.542. The molecule has 1 heterocycles. The molecular formula is C24H32N2O3S. The van der Waals surface area contributed by atoms with Crippen LogP contribution in [0, 0.1) is 5.92 Å². The second kappa shape index (κ2) is 8.31. The van der Waals surface area contributed by atoms with E-state index in [2.05, 4.69) is 23.4 Å². The number of furan rings is 1.